The van der Waals surface area contributed by atoms with Gasteiger partial charge in [-0.1, -0.05) is 35.2 Å². The summed E-state index contributed by atoms with van der Waals surface area (Å²) in [5.41, 5.74) is 1.26. The zero-order valence-corrected chi connectivity index (χ0v) is 13.1. The van der Waals surface area contributed by atoms with Crippen molar-refractivity contribution < 1.29 is 0 Å². The summed E-state index contributed by atoms with van der Waals surface area (Å²) < 4.78 is 2.45. The number of halogens is 2. The van der Waals surface area contributed by atoms with E-state index in [2.05, 4.69) is 62.0 Å². The highest BCUT2D eigenvalue weighted by Gasteiger charge is 2.13. The van der Waals surface area contributed by atoms with E-state index < -0.39 is 0 Å². The third-order valence-corrected chi connectivity index (χ3v) is 4.67. The number of anilines is 1. The molecule has 0 saturated heterocycles. The number of rotatable bonds is 3. The molecule has 1 aromatic rings. The van der Waals surface area contributed by atoms with E-state index in [1.54, 1.807) is 0 Å². The second-order valence-electron chi connectivity index (χ2n) is 4.51. The van der Waals surface area contributed by atoms with Gasteiger partial charge in [-0.25, -0.2) is 0 Å². The highest BCUT2D eigenvalue weighted by Crippen LogP contribution is 2.26. The molecular weight excluding hydrogens is 377 g/mol. The fourth-order valence-corrected chi connectivity index (χ4v) is 3.17. The van der Waals surface area contributed by atoms with Gasteiger partial charge in [0.05, 0.1) is 0 Å². The van der Waals surface area contributed by atoms with Crippen molar-refractivity contribution >= 4 is 44.2 Å². The van der Waals surface area contributed by atoms with Crippen LogP contribution in [0.5, 0.6) is 0 Å². The Balaban J connectivity index is 1.90. The van der Waals surface area contributed by atoms with Crippen LogP contribution in [-0.2, 0) is 0 Å². The van der Waals surface area contributed by atoms with Crippen LogP contribution in [0.3, 0.4) is 0 Å². The summed E-state index contributed by atoms with van der Waals surface area (Å²) in [6.07, 6.45) is 7.07. The van der Waals surface area contributed by atoms with Crippen molar-refractivity contribution in [2.75, 3.05) is 11.9 Å². The fourth-order valence-electron chi connectivity index (χ4n) is 2.28. The number of nitrogens with one attached hydrogen (secondary N) is 1. The van der Waals surface area contributed by atoms with Gasteiger partial charge >= 0.3 is 0 Å². The van der Waals surface area contributed by atoms with E-state index >= 15 is 0 Å². The summed E-state index contributed by atoms with van der Waals surface area (Å²) >= 11 is 5.91. The Morgan fingerprint density at radius 3 is 2.75 bits per heavy atom. The van der Waals surface area contributed by atoms with Crippen LogP contribution in [0.4, 0.5) is 5.69 Å². The van der Waals surface area contributed by atoms with Crippen molar-refractivity contribution in [1.82, 2.24) is 0 Å². The fraction of sp³-hybridized carbons (Fsp3) is 0.538. The molecule has 0 radical (unpaired) electrons. The van der Waals surface area contributed by atoms with Crippen LogP contribution < -0.4 is 5.32 Å². The molecule has 1 nitrogen and oxygen atoms in total. The van der Waals surface area contributed by atoms with E-state index in [-0.39, 0.29) is 0 Å². The van der Waals surface area contributed by atoms with Crippen molar-refractivity contribution in [3.05, 3.63) is 26.2 Å². The van der Waals surface area contributed by atoms with Crippen LogP contribution in [0.25, 0.3) is 0 Å². The molecule has 1 aliphatic carbocycles. The average Bonchev–Trinajstić information content (AvgIpc) is 2.32. The Kier molecular flexibility index (Phi) is 4.95. The average molecular weight is 394 g/mol. The number of hydrogen-bond donors (Lipinski definition) is 1. The number of hydrogen-bond acceptors (Lipinski definition) is 1. The van der Waals surface area contributed by atoms with E-state index in [4.69, 9.17) is 0 Å². The molecule has 0 aromatic heterocycles. The van der Waals surface area contributed by atoms with Gasteiger partial charge in [0.25, 0.3) is 0 Å². The molecule has 0 unspecified atom stereocenters. The monoisotopic (exact) mass is 393 g/mol. The summed E-state index contributed by atoms with van der Waals surface area (Å²) in [5.74, 6) is 0.878. The molecule has 16 heavy (non-hydrogen) atoms. The van der Waals surface area contributed by atoms with Crippen LogP contribution in [-0.4, -0.2) is 6.54 Å². The first-order valence-corrected chi connectivity index (χ1v) is 7.82. The Morgan fingerprint density at radius 1 is 1.25 bits per heavy atom. The minimum atomic E-state index is 0.878. The molecule has 88 valence electrons. The molecule has 1 fully saturated rings. The molecule has 0 amide bonds. The highest BCUT2D eigenvalue weighted by molar-refractivity contribution is 14.1. The van der Waals surface area contributed by atoms with Gasteiger partial charge in [0.15, 0.2) is 0 Å². The maximum absolute atomic E-state index is 3.59. The van der Waals surface area contributed by atoms with E-state index in [0.717, 1.165) is 16.9 Å². The van der Waals surface area contributed by atoms with Crippen molar-refractivity contribution in [2.45, 2.75) is 32.1 Å². The SMILES string of the molecule is Brc1ccc(I)c(NCC2CCCCC2)c1. The molecule has 3 heteroatoms. The van der Waals surface area contributed by atoms with E-state index in [1.165, 1.54) is 41.4 Å². The predicted molar refractivity (Wildman–Crippen MR) is 81.9 cm³/mol. The van der Waals surface area contributed by atoms with Gasteiger partial charge < -0.3 is 5.32 Å². The van der Waals surface area contributed by atoms with Gasteiger partial charge in [0.1, 0.15) is 0 Å². The maximum atomic E-state index is 3.59. The van der Waals surface area contributed by atoms with Crippen LogP contribution in [0.1, 0.15) is 32.1 Å². The van der Waals surface area contributed by atoms with Gasteiger partial charge in [0.2, 0.25) is 0 Å². The third-order valence-electron chi connectivity index (χ3n) is 3.23. The summed E-state index contributed by atoms with van der Waals surface area (Å²) in [6.45, 7) is 1.13. The van der Waals surface area contributed by atoms with Gasteiger partial charge in [-0.2, -0.15) is 0 Å². The third kappa shape index (κ3) is 3.62. The molecule has 1 aromatic carbocycles. The Hall–Kier alpha value is 0.230. The van der Waals surface area contributed by atoms with Crippen molar-refractivity contribution in [3.8, 4) is 0 Å². The second-order valence-corrected chi connectivity index (χ2v) is 6.59. The summed E-state index contributed by atoms with van der Waals surface area (Å²) in [6, 6.07) is 6.41. The van der Waals surface area contributed by atoms with Gasteiger partial charge in [0, 0.05) is 20.3 Å². The Morgan fingerprint density at radius 2 is 2.00 bits per heavy atom. The van der Waals surface area contributed by atoms with Crippen LogP contribution in [0.15, 0.2) is 22.7 Å². The first kappa shape index (κ1) is 12.7. The molecule has 0 spiro atoms. The van der Waals surface area contributed by atoms with Crippen LogP contribution in [0, 0.1) is 9.49 Å². The summed E-state index contributed by atoms with van der Waals surface area (Å²) in [5, 5.41) is 3.59. The standard InChI is InChI=1S/C13H17BrIN/c14-11-6-7-12(15)13(8-11)16-9-10-4-2-1-3-5-10/h6-8,10,16H,1-5,9H2. The minimum absolute atomic E-state index is 0.878. The lowest BCUT2D eigenvalue weighted by Crippen LogP contribution is -2.17. The molecule has 0 bridgehead atoms. The van der Waals surface area contributed by atoms with Crippen molar-refractivity contribution in [3.63, 3.8) is 0 Å². The predicted octanol–water partition coefficient (Wildman–Crippen LogP) is 5.05. The highest BCUT2D eigenvalue weighted by atomic mass is 127. The lowest BCUT2D eigenvalue weighted by atomic mass is 9.89. The van der Waals surface area contributed by atoms with Crippen molar-refractivity contribution in [1.29, 1.82) is 0 Å². The first-order chi connectivity index (χ1) is 7.75. The summed E-state index contributed by atoms with van der Waals surface area (Å²) in [4.78, 5) is 0. The van der Waals surface area contributed by atoms with E-state index in [1.807, 2.05) is 0 Å². The molecule has 0 aliphatic heterocycles. The van der Waals surface area contributed by atoms with Crippen molar-refractivity contribution in [2.24, 2.45) is 5.92 Å². The van der Waals surface area contributed by atoms with Gasteiger partial charge in [-0.15, -0.1) is 0 Å². The number of benzene rings is 1. The largest absolute Gasteiger partial charge is 0.384 e. The minimum Gasteiger partial charge on any atom is -0.384 e. The van der Waals surface area contributed by atoms with Gasteiger partial charge in [-0.05, 0) is 59.5 Å². The lowest BCUT2D eigenvalue weighted by molar-refractivity contribution is 0.373. The topological polar surface area (TPSA) is 12.0 Å². The van der Waals surface area contributed by atoms with Crippen LogP contribution >= 0.6 is 38.5 Å². The molecule has 1 aliphatic rings. The first-order valence-electron chi connectivity index (χ1n) is 5.94. The zero-order chi connectivity index (χ0) is 11.4. The van der Waals surface area contributed by atoms with Gasteiger partial charge in [-0.3, -0.25) is 0 Å². The molecule has 2 rings (SSSR count). The normalized spacial score (nSPS) is 17.4. The van der Waals surface area contributed by atoms with E-state index in [9.17, 15) is 0 Å². The quantitative estimate of drug-likeness (QED) is 0.709. The second kappa shape index (κ2) is 6.24. The Labute approximate surface area is 120 Å². The molecule has 0 atom stereocenters. The zero-order valence-electron chi connectivity index (χ0n) is 9.31. The summed E-state index contributed by atoms with van der Waals surface area (Å²) in [7, 11) is 0. The molecule has 1 N–H and O–H groups in total. The van der Waals surface area contributed by atoms with E-state index in [0.29, 0.717) is 0 Å². The smallest absolute Gasteiger partial charge is 0.0487 e. The lowest BCUT2D eigenvalue weighted by Gasteiger charge is -2.22. The van der Waals surface area contributed by atoms with Crippen LogP contribution in [0.2, 0.25) is 0 Å². The molecule has 1 saturated carbocycles. The molecular formula is C13H17BrIN. The maximum Gasteiger partial charge on any atom is 0.0487 e. The Bertz CT molecular complexity index is 348. The molecule has 0 heterocycles.